The maximum absolute atomic E-state index is 12.2. The van der Waals surface area contributed by atoms with Crippen molar-refractivity contribution in [3.05, 3.63) is 46.3 Å². The Morgan fingerprint density at radius 2 is 1.77 bits per heavy atom. The molecule has 0 aliphatic rings. The number of esters is 2. The van der Waals surface area contributed by atoms with Crippen LogP contribution in [0.25, 0.3) is 0 Å². The van der Waals surface area contributed by atoms with Crippen LogP contribution in [0.4, 0.5) is 5.00 Å². The molecule has 2 rings (SSSR count). The van der Waals surface area contributed by atoms with E-state index < -0.39 is 36.9 Å². The number of nitrogens with one attached hydrogen (secondary N) is 2. The smallest absolute Gasteiger partial charge is 0.348 e. The van der Waals surface area contributed by atoms with Crippen LogP contribution in [-0.2, 0) is 19.1 Å². The van der Waals surface area contributed by atoms with Gasteiger partial charge in [-0.3, -0.25) is 14.4 Å². The number of rotatable bonds is 10. The normalized spacial score (nSPS) is 10.2. The number of benzene rings is 1. The number of para-hydroxylation sites is 1. The van der Waals surface area contributed by atoms with Gasteiger partial charge >= 0.3 is 11.9 Å². The molecule has 0 bridgehead atoms. The molecule has 0 aliphatic carbocycles. The van der Waals surface area contributed by atoms with Crippen LogP contribution in [0.15, 0.2) is 30.3 Å². The summed E-state index contributed by atoms with van der Waals surface area (Å²) in [5, 5.41) is 5.42. The Bertz CT molecular complexity index is 955. The van der Waals surface area contributed by atoms with Crippen molar-refractivity contribution in [3.63, 3.8) is 0 Å². The average molecular weight is 448 g/mol. The maximum Gasteiger partial charge on any atom is 0.348 e. The van der Waals surface area contributed by atoms with Crippen LogP contribution in [0.2, 0.25) is 0 Å². The van der Waals surface area contributed by atoms with Crippen molar-refractivity contribution in [2.75, 3.05) is 31.7 Å². The molecule has 2 amide bonds. The van der Waals surface area contributed by atoms with Crippen LogP contribution in [0.5, 0.6) is 5.75 Å². The van der Waals surface area contributed by atoms with Gasteiger partial charge in [0.2, 0.25) is 0 Å². The molecule has 1 aromatic heterocycles. The molecular weight excluding hydrogens is 424 g/mol. The van der Waals surface area contributed by atoms with E-state index in [9.17, 15) is 19.2 Å². The molecule has 2 aromatic rings. The zero-order chi connectivity index (χ0) is 22.8. The van der Waals surface area contributed by atoms with Crippen LogP contribution in [0.3, 0.4) is 0 Å². The van der Waals surface area contributed by atoms with E-state index >= 15 is 0 Å². The van der Waals surface area contributed by atoms with Gasteiger partial charge in [0, 0.05) is 0 Å². The lowest BCUT2D eigenvalue weighted by atomic mass is 10.2. The summed E-state index contributed by atoms with van der Waals surface area (Å²) in [6, 6.07) is 8.28. The lowest BCUT2D eigenvalue weighted by Crippen LogP contribution is -2.32. The highest BCUT2D eigenvalue weighted by Gasteiger charge is 2.17. The first-order valence-corrected chi connectivity index (χ1v) is 10.4. The van der Waals surface area contributed by atoms with Gasteiger partial charge in [-0.25, -0.2) is 4.79 Å². The first kappa shape index (κ1) is 23.9. The molecule has 0 unspecified atom stereocenters. The predicted molar refractivity (Wildman–Crippen MR) is 115 cm³/mol. The minimum absolute atomic E-state index is 0.252. The number of carbonyl (C=O) groups is 4. The zero-order valence-electron chi connectivity index (χ0n) is 17.5. The molecule has 31 heavy (non-hydrogen) atoms. The fourth-order valence-electron chi connectivity index (χ4n) is 2.50. The number of hydrogen-bond donors (Lipinski definition) is 2. The fourth-order valence-corrected chi connectivity index (χ4v) is 3.48. The highest BCUT2D eigenvalue weighted by molar-refractivity contribution is 7.18. The topological polar surface area (TPSA) is 120 Å². The van der Waals surface area contributed by atoms with E-state index in [-0.39, 0.29) is 6.61 Å². The van der Waals surface area contributed by atoms with Crippen molar-refractivity contribution in [3.8, 4) is 5.75 Å². The minimum Gasteiger partial charge on any atom is -0.493 e. The van der Waals surface area contributed by atoms with Crippen molar-refractivity contribution in [2.24, 2.45) is 0 Å². The van der Waals surface area contributed by atoms with E-state index in [4.69, 9.17) is 14.2 Å². The molecule has 10 heteroatoms. The molecule has 1 heterocycles. The molecule has 2 N–H and O–H groups in total. The van der Waals surface area contributed by atoms with Gasteiger partial charge in [-0.05, 0) is 44.5 Å². The van der Waals surface area contributed by atoms with Gasteiger partial charge in [-0.15, -0.1) is 11.3 Å². The first-order valence-electron chi connectivity index (χ1n) is 9.58. The average Bonchev–Trinajstić information content (AvgIpc) is 3.11. The predicted octanol–water partition coefficient (Wildman–Crippen LogP) is 2.54. The van der Waals surface area contributed by atoms with E-state index in [2.05, 4.69) is 10.6 Å². The quantitative estimate of drug-likeness (QED) is 0.536. The van der Waals surface area contributed by atoms with E-state index in [0.717, 1.165) is 11.3 Å². The van der Waals surface area contributed by atoms with Gasteiger partial charge in [0.15, 0.2) is 6.61 Å². The van der Waals surface area contributed by atoms with Gasteiger partial charge in [-0.2, -0.15) is 0 Å². The third kappa shape index (κ3) is 7.10. The van der Waals surface area contributed by atoms with Crippen LogP contribution >= 0.6 is 11.3 Å². The van der Waals surface area contributed by atoms with Crippen molar-refractivity contribution >= 4 is 40.1 Å². The Hall–Kier alpha value is -3.40. The summed E-state index contributed by atoms with van der Waals surface area (Å²) in [7, 11) is 0. The summed E-state index contributed by atoms with van der Waals surface area (Å²) >= 11 is 1.07. The van der Waals surface area contributed by atoms with Gasteiger partial charge in [0.05, 0.1) is 23.8 Å². The standard InChI is InChI=1S/C21H24N2O7S/c1-4-28-15-9-7-6-8-14(15)20(26)22-11-18(25)30-12-16(24)23-17-10-13(3)19(31-17)21(27)29-5-2/h6-10H,4-5,11-12H2,1-3H3,(H,22,26)(H,23,24). The molecule has 9 nitrogen and oxygen atoms in total. The molecular formula is C21H24N2O7S. The first-order chi connectivity index (χ1) is 14.8. The van der Waals surface area contributed by atoms with Gasteiger partial charge in [0.25, 0.3) is 11.8 Å². The molecule has 0 saturated heterocycles. The highest BCUT2D eigenvalue weighted by Crippen LogP contribution is 2.27. The summed E-state index contributed by atoms with van der Waals surface area (Å²) in [6.45, 7) is 4.94. The van der Waals surface area contributed by atoms with Crippen LogP contribution in [0.1, 0.15) is 39.4 Å². The number of aryl methyl sites for hydroxylation is 1. The summed E-state index contributed by atoms with van der Waals surface area (Å²) in [5.74, 6) is -1.89. The number of carbonyl (C=O) groups excluding carboxylic acids is 4. The lowest BCUT2D eigenvalue weighted by molar-refractivity contribution is -0.146. The summed E-state index contributed by atoms with van der Waals surface area (Å²) in [4.78, 5) is 48.3. The third-order valence-electron chi connectivity index (χ3n) is 3.83. The number of hydrogen-bond acceptors (Lipinski definition) is 8. The number of thiophene rings is 1. The molecule has 0 atom stereocenters. The fraction of sp³-hybridized carbons (Fsp3) is 0.333. The SMILES string of the molecule is CCOC(=O)c1sc(NC(=O)COC(=O)CNC(=O)c2ccccc2OCC)cc1C. The largest absolute Gasteiger partial charge is 0.493 e. The van der Waals surface area contributed by atoms with E-state index in [1.165, 1.54) is 0 Å². The van der Waals surface area contributed by atoms with Crippen molar-refractivity contribution in [1.82, 2.24) is 5.32 Å². The van der Waals surface area contributed by atoms with Crippen LogP contribution < -0.4 is 15.4 Å². The Morgan fingerprint density at radius 1 is 1.03 bits per heavy atom. The van der Waals surface area contributed by atoms with Crippen molar-refractivity contribution < 1.29 is 33.4 Å². The van der Waals surface area contributed by atoms with E-state index in [1.807, 2.05) is 0 Å². The highest BCUT2D eigenvalue weighted by atomic mass is 32.1. The Morgan fingerprint density at radius 3 is 2.48 bits per heavy atom. The molecule has 0 aliphatic heterocycles. The summed E-state index contributed by atoms with van der Waals surface area (Å²) < 4.78 is 15.2. The van der Waals surface area contributed by atoms with Gasteiger partial charge in [-0.1, -0.05) is 12.1 Å². The molecule has 0 fully saturated rings. The molecule has 0 spiro atoms. The third-order valence-corrected chi connectivity index (χ3v) is 4.96. The van der Waals surface area contributed by atoms with Crippen LogP contribution in [-0.4, -0.2) is 50.1 Å². The lowest BCUT2D eigenvalue weighted by Gasteiger charge is -2.10. The monoisotopic (exact) mass is 448 g/mol. The van der Waals surface area contributed by atoms with Crippen molar-refractivity contribution in [2.45, 2.75) is 20.8 Å². The molecule has 0 radical (unpaired) electrons. The van der Waals surface area contributed by atoms with Gasteiger partial charge < -0.3 is 24.8 Å². The minimum atomic E-state index is -0.771. The second kappa shape index (κ2) is 11.7. The zero-order valence-corrected chi connectivity index (χ0v) is 18.3. The number of anilines is 1. The second-order valence-corrected chi connectivity index (χ2v) is 7.22. The Kier molecular flexibility index (Phi) is 9.01. The van der Waals surface area contributed by atoms with Crippen LogP contribution in [0, 0.1) is 6.92 Å². The van der Waals surface area contributed by atoms with E-state index in [0.29, 0.717) is 33.4 Å². The van der Waals surface area contributed by atoms with E-state index in [1.54, 1.807) is 51.1 Å². The molecule has 1 aromatic carbocycles. The number of amides is 2. The summed E-state index contributed by atoms with van der Waals surface area (Å²) in [6.07, 6.45) is 0. The molecule has 0 saturated carbocycles. The number of ether oxygens (including phenoxy) is 3. The summed E-state index contributed by atoms with van der Waals surface area (Å²) in [5.41, 5.74) is 0.964. The van der Waals surface area contributed by atoms with Crippen molar-refractivity contribution in [1.29, 1.82) is 0 Å². The van der Waals surface area contributed by atoms with Gasteiger partial charge in [0.1, 0.15) is 17.2 Å². The second-order valence-electron chi connectivity index (χ2n) is 6.16. The Labute approximate surface area is 183 Å². The maximum atomic E-state index is 12.2. The molecule has 166 valence electrons. The Balaban J connectivity index is 1.80.